The van der Waals surface area contributed by atoms with Crippen molar-refractivity contribution < 1.29 is 9.13 Å². The van der Waals surface area contributed by atoms with Gasteiger partial charge in [-0.15, -0.1) is 0 Å². The molecule has 0 saturated heterocycles. The summed E-state index contributed by atoms with van der Waals surface area (Å²) >= 11 is 0. The molecular weight excluding hydrogens is 399 g/mol. The van der Waals surface area contributed by atoms with Crippen molar-refractivity contribution in [3.63, 3.8) is 0 Å². The van der Waals surface area contributed by atoms with Crippen LogP contribution in [0, 0.1) is 17.1 Å². The molecule has 0 bridgehead atoms. The summed E-state index contributed by atoms with van der Waals surface area (Å²) in [6, 6.07) is 6.35. The number of hydrogen-bond donors (Lipinski definition) is 1. The fraction of sp³-hybridized carbons (Fsp3) is 0.286. The normalized spacial score (nSPS) is 15.8. The van der Waals surface area contributed by atoms with Crippen LogP contribution >= 0.6 is 0 Å². The topological polar surface area (TPSA) is 108 Å². The van der Waals surface area contributed by atoms with Gasteiger partial charge in [0.05, 0.1) is 30.0 Å². The maximum absolute atomic E-state index is 14.3. The number of pyridine rings is 1. The second-order valence-electron chi connectivity index (χ2n) is 7.53. The van der Waals surface area contributed by atoms with E-state index in [4.69, 9.17) is 4.74 Å². The molecule has 0 aromatic carbocycles. The Hall–Kier alpha value is -4.00. The van der Waals surface area contributed by atoms with Crippen molar-refractivity contribution >= 4 is 11.3 Å². The third-order valence-electron chi connectivity index (χ3n) is 5.15. The number of nitriles is 1. The molecule has 0 spiro atoms. The Morgan fingerprint density at radius 3 is 3.00 bits per heavy atom. The highest BCUT2D eigenvalue weighted by Crippen LogP contribution is 2.36. The highest BCUT2D eigenvalue weighted by atomic mass is 19.1. The summed E-state index contributed by atoms with van der Waals surface area (Å²) in [5.74, 6) is 0.366. The van der Waals surface area contributed by atoms with Crippen molar-refractivity contribution in [2.75, 3.05) is 11.4 Å². The fourth-order valence-corrected chi connectivity index (χ4v) is 3.84. The number of nitrogens with zero attached hydrogens (tertiary/aromatic N) is 7. The average molecular weight is 418 g/mol. The lowest BCUT2D eigenvalue weighted by Gasteiger charge is -2.34. The molecule has 1 aliphatic rings. The summed E-state index contributed by atoms with van der Waals surface area (Å²) in [5, 5.41) is 14.0. The van der Waals surface area contributed by atoms with E-state index in [1.54, 1.807) is 30.9 Å². The number of hydrogen-bond acceptors (Lipinski definition) is 7. The molecule has 5 heterocycles. The second kappa shape index (κ2) is 7.36. The number of fused-ring (bicyclic) bond motifs is 2. The van der Waals surface area contributed by atoms with Gasteiger partial charge < -0.3 is 14.6 Å². The minimum atomic E-state index is -0.400. The van der Waals surface area contributed by atoms with Gasteiger partial charge in [-0.25, -0.2) is 18.9 Å². The molecule has 0 aliphatic carbocycles. The highest BCUT2D eigenvalue weighted by Gasteiger charge is 2.34. The van der Waals surface area contributed by atoms with Crippen LogP contribution in [-0.4, -0.2) is 42.2 Å². The number of nitrogens with one attached hydrogen (secondary N) is 1. The highest BCUT2D eigenvalue weighted by molar-refractivity contribution is 5.55. The molecule has 1 atom stereocenters. The Bertz CT molecular complexity index is 1300. The molecule has 9 nitrogen and oxygen atoms in total. The first kappa shape index (κ1) is 19.0. The maximum Gasteiger partial charge on any atom is 0.253 e. The van der Waals surface area contributed by atoms with E-state index in [9.17, 15) is 9.65 Å². The number of aromatic nitrogens is 6. The van der Waals surface area contributed by atoms with Crippen LogP contribution in [0.3, 0.4) is 0 Å². The lowest BCUT2D eigenvalue weighted by atomic mass is 10.00. The quantitative estimate of drug-likeness (QED) is 0.543. The minimum absolute atomic E-state index is 0.126. The molecule has 0 saturated carbocycles. The van der Waals surface area contributed by atoms with E-state index >= 15 is 0 Å². The summed E-state index contributed by atoms with van der Waals surface area (Å²) in [5.41, 5.74) is 2.94. The van der Waals surface area contributed by atoms with Gasteiger partial charge in [-0.05, 0) is 32.0 Å². The van der Waals surface area contributed by atoms with Gasteiger partial charge in [0.15, 0.2) is 5.82 Å². The first-order valence-electron chi connectivity index (χ1n) is 9.91. The van der Waals surface area contributed by atoms with Crippen LogP contribution in [0.5, 0.6) is 5.88 Å². The first-order chi connectivity index (χ1) is 15.0. The molecule has 31 heavy (non-hydrogen) atoms. The van der Waals surface area contributed by atoms with E-state index < -0.39 is 6.04 Å². The third kappa shape index (κ3) is 3.24. The number of halogens is 1. The van der Waals surface area contributed by atoms with Crippen LogP contribution in [-0.2, 0) is 6.42 Å². The zero-order valence-electron chi connectivity index (χ0n) is 16.9. The molecule has 0 unspecified atom stereocenters. The Labute approximate surface area is 177 Å². The van der Waals surface area contributed by atoms with E-state index in [0.717, 1.165) is 17.8 Å². The Kier molecular flexibility index (Phi) is 4.51. The molecule has 1 N–H and O–H groups in total. The van der Waals surface area contributed by atoms with Gasteiger partial charge in [-0.1, -0.05) is 0 Å². The Morgan fingerprint density at radius 1 is 1.35 bits per heavy atom. The van der Waals surface area contributed by atoms with E-state index in [1.807, 2.05) is 24.8 Å². The third-order valence-corrected chi connectivity index (χ3v) is 5.15. The van der Waals surface area contributed by atoms with Crippen LogP contribution in [0.2, 0.25) is 0 Å². The number of rotatable bonds is 4. The zero-order chi connectivity index (χ0) is 21.5. The largest absolute Gasteiger partial charge is 0.473 e. The lowest BCUT2D eigenvalue weighted by Crippen LogP contribution is -2.37. The second-order valence-corrected chi connectivity index (χ2v) is 7.53. The van der Waals surface area contributed by atoms with Gasteiger partial charge >= 0.3 is 0 Å². The number of aromatic amines is 1. The van der Waals surface area contributed by atoms with Gasteiger partial charge in [-0.2, -0.15) is 15.3 Å². The average Bonchev–Trinajstić information content (AvgIpc) is 3.40. The van der Waals surface area contributed by atoms with Crippen LogP contribution in [0.1, 0.15) is 42.7 Å². The predicted molar refractivity (Wildman–Crippen MR) is 109 cm³/mol. The standard InChI is InChI=1S/C21H19FN8O/c1-12(2)31-21-16(9-23)24-10-18(27-21)29-7-5-14-19(26-11-25-14)20(29)15-8-17-13(22)4-3-6-30(17)28-15/h3-4,6,8,10-12,20H,5,7H2,1-2H3,(H,25,26)/t20-/m1/s1. The monoisotopic (exact) mass is 418 g/mol. The van der Waals surface area contributed by atoms with Crippen molar-refractivity contribution in [3.8, 4) is 11.9 Å². The molecular formula is C21H19FN8O. The van der Waals surface area contributed by atoms with E-state index in [2.05, 4.69) is 25.0 Å². The summed E-state index contributed by atoms with van der Waals surface area (Å²) in [7, 11) is 0. The molecule has 0 radical (unpaired) electrons. The van der Waals surface area contributed by atoms with Crippen molar-refractivity contribution in [2.45, 2.75) is 32.4 Å². The number of imidazole rings is 1. The molecule has 4 aromatic rings. The molecule has 5 rings (SSSR count). The van der Waals surface area contributed by atoms with Gasteiger partial charge in [0.1, 0.15) is 23.4 Å². The van der Waals surface area contributed by atoms with E-state index in [1.165, 1.54) is 10.6 Å². The maximum atomic E-state index is 14.3. The van der Waals surface area contributed by atoms with Crippen molar-refractivity contribution in [2.24, 2.45) is 0 Å². The first-order valence-corrected chi connectivity index (χ1v) is 9.91. The smallest absolute Gasteiger partial charge is 0.253 e. The fourth-order valence-electron chi connectivity index (χ4n) is 3.84. The molecule has 156 valence electrons. The molecule has 1 aliphatic heterocycles. The van der Waals surface area contributed by atoms with Crippen molar-refractivity contribution in [1.82, 2.24) is 29.5 Å². The summed E-state index contributed by atoms with van der Waals surface area (Å²) < 4.78 is 21.5. The van der Waals surface area contributed by atoms with Crippen molar-refractivity contribution in [1.29, 1.82) is 5.26 Å². The van der Waals surface area contributed by atoms with E-state index in [0.29, 0.717) is 23.6 Å². The Morgan fingerprint density at radius 2 is 2.23 bits per heavy atom. The summed E-state index contributed by atoms with van der Waals surface area (Å²) in [6.07, 6.45) is 5.46. The predicted octanol–water partition coefficient (Wildman–Crippen LogP) is 2.80. The van der Waals surface area contributed by atoms with Crippen LogP contribution in [0.25, 0.3) is 5.52 Å². The SMILES string of the molecule is CC(C)Oc1nc(N2CCc3[nH]cnc3[C@H]2c2cc3c(F)cccn3n2)cnc1C#N. The summed E-state index contributed by atoms with van der Waals surface area (Å²) in [6.45, 7) is 4.33. The number of H-pyrrole nitrogens is 1. The number of ether oxygens (including phenoxy) is 1. The molecule has 0 fully saturated rings. The van der Waals surface area contributed by atoms with Gasteiger partial charge in [0.25, 0.3) is 5.88 Å². The van der Waals surface area contributed by atoms with Gasteiger partial charge in [0, 0.05) is 24.9 Å². The van der Waals surface area contributed by atoms with Crippen molar-refractivity contribution in [3.05, 3.63) is 65.5 Å². The number of anilines is 1. The zero-order valence-corrected chi connectivity index (χ0v) is 16.9. The van der Waals surface area contributed by atoms with Crippen LogP contribution < -0.4 is 9.64 Å². The molecule has 10 heteroatoms. The molecule has 4 aromatic heterocycles. The lowest BCUT2D eigenvalue weighted by molar-refractivity contribution is 0.230. The minimum Gasteiger partial charge on any atom is -0.473 e. The summed E-state index contributed by atoms with van der Waals surface area (Å²) in [4.78, 5) is 18.5. The molecule has 0 amide bonds. The van der Waals surface area contributed by atoms with E-state index in [-0.39, 0.29) is 23.5 Å². The van der Waals surface area contributed by atoms with Crippen LogP contribution in [0.15, 0.2) is 36.9 Å². The van der Waals surface area contributed by atoms with Gasteiger partial charge in [-0.3, -0.25) is 0 Å². The van der Waals surface area contributed by atoms with Crippen LogP contribution in [0.4, 0.5) is 10.2 Å². The van der Waals surface area contributed by atoms with Gasteiger partial charge in [0.2, 0.25) is 5.69 Å². The Balaban J connectivity index is 1.64.